The maximum absolute atomic E-state index is 13.4. The monoisotopic (exact) mass is 460 g/mol. The molecule has 182 valence electrons. The molecule has 2 N–H and O–H groups in total. The number of esters is 1. The summed E-state index contributed by atoms with van der Waals surface area (Å²) in [5.74, 6) is -1.70. The van der Waals surface area contributed by atoms with Crippen LogP contribution in [0.3, 0.4) is 0 Å². The third kappa shape index (κ3) is 6.54. The summed E-state index contributed by atoms with van der Waals surface area (Å²) in [6.07, 6.45) is 4.11. The number of carbonyl (C=O) groups excluding carboxylic acids is 2. The number of aliphatic carboxylic acids is 1. The van der Waals surface area contributed by atoms with E-state index >= 15 is 0 Å². The van der Waals surface area contributed by atoms with Crippen LogP contribution in [0.25, 0.3) is 0 Å². The highest BCUT2D eigenvalue weighted by Gasteiger charge is 2.46. The van der Waals surface area contributed by atoms with Gasteiger partial charge >= 0.3 is 11.9 Å². The fourth-order valence-electron chi connectivity index (χ4n) is 4.96. The number of aryl methyl sites for hydroxylation is 1. The topological polar surface area (TPSA) is 105 Å². The minimum atomic E-state index is -0.992. The molecule has 2 aliphatic rings. The molecule has 8 heteroatoms. The number of piperidine rings is 1. The Morgan fingerprint density at radius 3 is 2.67 bits per heavy atom. The van der Waals surface area contributed by atoms with Crippen molar-refractivity contribution in [2.24, 2.45) is 5.41 Å². The van der Waals surface area contributed by atoms with E-state index in [1.54, 1.807) is 13.8 Å². The lowest BCUT2D eigenvalue weighted by atomic mass is 9.74. The Balaban J connectivity index is 1.70. The summed E-state index contributed by atoms with van der Waals surface area (Å²) in [6.45, 7) is 5.31. The van der Waals surface area contributed by atoms with Crippen LogP contribution in [0.5, 0.6) is 0 Å². The average Bonchev–Trinajstić information content (AvgIpc) is 2.82. The first-order valence-electron chi connectivity index (χ1n) is 11.9. The third-order valence-corrected chi connectivity index (χ3v) is 6.76. The number of likely N-dealkylation sites (tertiary alicyclic amines) is 1. The van der Waals surface area contributed by atoms with Gasteiger partial charge in [0.15, 0.2) is 0 Å². The molecular formula is C25H36N2O6. The van der Waals surface area contributed by atoms with E-state index in [1.165, 1.54) is 4.90 Å². The number of carboxylic acid groups (broad SMARTS) is 1. The number of rotatable bonds is 9. The maximum Gasteiger partial charge on any atom is 0.326 e. The van der Waals surface area contributed by atoms with Gasteiger partial charge in [-0.2, -0.15) is 0 Å². The summed E-state index contributed by atoms with van der Waals surface area (Å²) in [6, 6.07) is 7.57. The second-order valence-electron chi connectivity index (χ2n) is 9.23. The molecule has 3 rings (SSSR count). The van der Waals surface area contributed by atoms with Crippen LogP contribution in [0.15, 0.2) is 30.3 Å². The van der Waals surface area contributed by atoms with Crippen LogP contribution in [-0.2, 0) is 30.3 Å². The van der Waals surface area contributed by atoms with Crippen LogP contribution in [0, 0.1) is 5.41 Å². The van der Waals surface area contributed by atoms with Gasteiger partial charge in [-0.3, -0.25) is 14.9 Å². The minimum absolute atomic E-state index is 0.187. The van der Waals surface area contributed by atoms with E-state index in [1.807, 2.05) is 30.3 Å². The quantitative estimate of drug-likeness (QED) is 0.545. The Bertz CT molecular complexity index is 808. The number of nitrogens with zero attached hydrogens (tertiary/aromatic N) is 1. The molecule has 2 heterocycles. The molecule has 2 fully saturated rings. The van der Waals surface area contributed by atoms with Crippen molar-refractivity contribution in [1.82, 2.24) is 10.2 Å². The Kier molecular flexibility index (Phi) is 8.86. The van der Waals surface area contributed by atoms with Crippen LogP contribution >= 0.6 is 0 Å². The number of carbonyl (C=O) groups is 3. The molecule has 2 aliphatic heterocycles. The van der Waals surface area contributed by atoms with Crippen molar-refractivity contribution in [3.63, 3.8) is 0 Å². The van der Waals surface area contributed by atoms with Gasteiger partial charge in [0.2, 0.25) is 5.91 Å². The van der Waals surface area contributed by atoms with Gasteiger partial charge in [0.05, 0.1) is 19.3 Å². The van der Waals surface area contributed by atoms with Gasteiger partial charge in [0.25, 0.3) is 0 Å². The Hall–Kier alpha value is -2.45. The largest absolute Gasteiger partial charge is 0.480 e. The van der Waals surface area contributed by atoms with E-state index < -0.39 is 30.1 Å². The maximum atomic E-state index is 13.4. The zero-order chi connectivity index (χ0) is 23.8. The molecule has 0 radical (unpaired) electrons. The fraction of sp³-hybridized carbons (Fsp3) is 0.640. The summed E-state index contributed by atoms with van der Waals surface area (Å²) in [5, 5.41) is 12.9. The second kappa shape index (κ2) is 11.6. The van der Waals surface area contributed by atoms with Gasteiger partial charge in [0, 0.05) is 18.6 Å². The molecule has 0 saturated carbocycles. The Morgan fingerprint density at radius 1 is 1.27 bits per heavy atom. The van der Waals surface area contributed by atoms with E-state index in [2.05, 4.69) is 5.32 Å². The molecule has 0 aromatic heterocycles. The number of hydrogen-bond acceptors (Lipinski definition) is 6. The number of carboxylic acids is 1. The lowest BCUT2D eigenvalue weighted by molar-refractivity contribution is -0.160. The standard InChI is InChI=1S/C25H36N2O6/c1-3-33-24(31)20(11-10-19-8-5-4-6-9-19)26-18(2)22(28)27-16-25(13-7-15-32-17-25)14-12-21(27)23(29)30/h4-6,8-9,18,20-21,26H,3,7,10-17H2,1-2H3,(H,29,30)/t18-,20?,21?,25?/m0/s1. The van der Waals surface area contributed by atoms with Crippen molar-refractivity contribution >= 4 is 17.8 Å². The number of ether oxygens (including phenoxy) is 2. The molecule has 1 spiro atoms. The van der Waals surface area contributed by atoms with Gasteiger partial charge in [-0.05, 0) is 57.9 Å². The number of amides is 1. The molecule has 1 aromatic rings. The molecule has 0 bridgehead atoms. The normalized spacial score (nSPS) is 24.8. The zero-order valence-corrected chi connectivity index (χ0v) is 19.6. The van der Waals surface area contributed by atoms with Gasteiger partial charge in [0.1, 0.15) is 12.1 Å². The van der Waals surface area contributed by atoms with E-state index in [9.17, 15) is 19.5 Å². The van der Waals surface area contributed by atoms with E-state index in [0.29, 0.717) is 39.0 Å². The number of hydrogen-bond donors (Lipinski definition) is 2. The molecule has 1 aromatic carbocycles. The molecule has 8 nitrogen and oxygen atoms in total. The predicted octanol–water partition coefficient (Wildman–Crippen LogP) is 2.40. The third-order valence-electron chi connectivity index (χ3n) is 6.76. The highest BCUT2D eigenvalue weighted by molar-refractivity contribution is 5.88. The van der Waals surface area contributed by atoms with Crippen molar-refractivity contribution in [2.75, 3.05) is 26.4 Å². The highest BCUT2D eigenvalue weighted by atomic mass is 16.5. The lowest BCUT2D eigenvalue weighted by Crippen LogP contribution is -2.60. The molecule has 4 atom stereocenters. The Labute approximate surface area is 195 Å². The van der Waals surface area contributed by atoms with Crippen LogP contribution < -0.4 is 5.32 Å². The van der Waals surface area contributed by atoms with Gasteiger partial charge in [-0.15, -0.1) is 0 Å². The van der Waals surface area contributed by atoms with Gasteiger partial charge in [-0.25, -0.2) is 4.79 Å². The Morgan fingerprint density at radius 2 is 2.03 bits per heavy atom. The van der Waals surface area contributed by atoms with Crippen molar-refractivity contribution in [3.8, 4) is 0 Å². The number of benzene rings is 1. The number of nitrogens with one attached hydrogen (secondary N) is 1. The van der Waals surface area contributed by atoms with Crippen molar-refractivity contribution < 1.29 is 29.0 Å². The molecule has 2 saturated heterocycles. The van der Waals surface area contributed by atoms with Crippen LogP contribution in [-0.4, -0.2) is 72.3 Å². The zero-order valence-electron chi connectivity index (χ0n) is 19.6. The first-order chi connectivity index (χ1) is 15.8. The van der Waals surface area contributed by atoms with Crippen LogP contribution in [0.2, 0.25) is 0 Å². The van der Waals surface area contributed by atoms with Crippen molar-refractivity contribution in [3.05, 3.63) is 35.9 Å². The summed E-state index contributed by atoms with van der Waals surface area (Å²) in [7, 11) is 0. The van der Waals surface area contributed by atoms with Crippen molar-refractivity contribution in [1.29, 1.82) is 0 Å². The fourth-order valence-corrected chi connectivity index (χ4v) is 4.96. The molecular weight excluding hydrogens is 424 g/mol. The second-order valence-corrected chi connectivity index (χ2v) is 9.23. The summed E-state index contributed by atoms with van der Waals surface area (Å²) in [4.78, 5) is 39.4. The van der Waals surface area contributed by atoms with E-state index in [-0.39, 0.29) is 17.9 Å². The van der Waals surface area contributed by atoms with Gasteiger partial charge < -0.3 is 19.5 Å². The van der Waals surface area contributed by atoms with Crippen LogP contribution in [0.4, 0.5) is 0 Å². The van der Waals surface area contributed by atoms with Crippen molar-refractivity contribution in [2.45, 2.75) is 70.5 Å². The molecule has 3 unspecified atom stereocenters. The summed E-state index contributed by atoms with van der Waals surface area (Å²) >= 11 is 0. The van der Waals surface area contributed by atoms with E-state index in [0.717, 1.165) is 24.8 Å². The minimum Gasteiger partial charge on any atom is -0.480 e. The highest BCUT2D eigenvalue weighted by Crippen LogP contribution is 2.39. The first-order valence-corrected chi connectivity index (χ1v) is 11.9. The molecule has 1 amide bonds. The first kappa shape index (κ1) is 25.2. The average molecular weight is 461 g/mol. The predicted molar refractivity (Wildman–Crippen MR) is 123 cm³/mol. The molecule has 0 aliphatic carbocycles. The lowest BCUT2D eigenvalue weighted by Gasteiger charge is -2.48. The smallest absolute Gasteiger partial charge is 0.326 e. The van der Waals surface area contributed by atoms with E-state index in [4.69, 9.17) is 9.47 Å². The van der Waals surface area contributed by atoms with Gasteiger partial charge in [-0.1, -0.05) is 30.3 Å². The molecule has 33 heavy (non-hydrogen) atoms. The SMILES string of the molecule is CCOC(=O)C(CCc1ccccc1)N[C@@H](C)C(=O)N1CC2(CCCOC2)CCC1C(=O)O. The summed E-state index contributed by atoms with van der Waals surface area (Å²) < 4.78 is 10.9. The summed E-state index contributed by atoms with van der Waals surface area (Å²) in [5.41, 5.74) is 0.904. The van der Waals surface area contributed by atoms with Crippen LogP contribution in [0.1, 0.15) is 51.5 Å².